The van der Waals surface area contributed by atoms with Crippen molar-refractivity contribution in [2.75, 3.05) is 0 Å². The van der Waals surface area contributed by atoms with Gasteiger partial charge in [-0.25, -0.2) is 22.2 Å². The molecule has 6 nitrogen and oxygen atoms in total. The van der Waals surface area contributed by atoms with E-state index in [0.717, 1.165) is 36.4 Å². The Kier molecular flexibility index (Phi) is 7.88. The predicted octanol–water partition coefficient (Wildman–Crippen LogP) is 5.95. The van der Waals surface area contributed by atoms with E-state index in [-0.39, 0.29) is 54.0 Å². The molecule has 0 bridgehead atoms. The second-order valence-corrected chi connectivity index (χ2v) is 11.8. The van der Waals surface area contributed by atoms with Crippen LogP contribution in [0.15, 0.2) is 72.0 Å². The molecule has 4 rings (SSSR count). The first-order chi connectivity index (χ1) is 19.0. The normalized spacial score (nSPS) is 20.4. The summed E-state index contributed by atoms with van der Waals surface area (Å²) in [5, 5.41) is 2.70. The van der Waals surface area contributed by atoms with Crippen molar-refractivity contribution in [1.29, 1.82) is 0 Å². The molecule has 1 fully saturated rings. The number of benzene rings is 2. The molecule has 0 unspecified atom stereocenters. The topological polar surface area (TPSA) is 89.0 Å². The molecule has 1 amide bonds. The Morgan fingerprint density at radius 2 is 1.41 bits per heavy atom. The van der Waals surface area contributed by atoms with Crippen molar-refractivity contribution in [3.63, 3.8) is 0 Å². The molecule has 0 radical (unpaired) electrons. The Morgan fingerprint density at radius 1 is 0.854 bits per heavy atom. The minimum Gasteiger partial charge on any atom is -0.348 e. The van der Waals surface area contributed by atoms with Crippen molar-refractivity contribution in [2.45, 2.75) is 59.4 Å². The summed E-state index contributed by atoms with van der Waals surface area (Å²) in [6.45, 7) is 0. The summed E-state index contributed by atoms with van der Waals surface area (Å²) in [7, 11) is -4.44. The highest BCUT2D eigenvalue weighted by Gasteiger charge is 2.73. The standard InChI is InChI=1S/C26H21F8N3O3S/c27-18-5-7-20(8-6-18)41(39,40)23(11-9-19(10-12-23)37-22(38)21-15-35-13-14-36-21)16-1-3-17(4-2-16)24(28,25(29,30)31)26(32,33)34/h1-8,13-15,19H,9-12H2,(H,37,38). The Labute approximate surface area is 228 Å². The highest BCUT2D eigenvalue weighted by Crippen LogP contribution is 2.54. The summed E-state index contributed by atoms with van der Waals surface area (Å²) in [5.74, 6) is -1.32. The van der Waals surface area contributed by atoms with E-state index < -0.39 is 55.9 Å². The van der Waals surface area contributed by atoms with E-state index in [0.29, 0.717) is 0 Å². The van der Waals surface area contributed by atoms with Gasteiger partial charge in [-0.15, -0.1) is 0 Å². The lowest BCUT2D eigenvalue weighted by atomic mass is 9.80. The molecule has 41 heavy (non-hydrogen) atoms. The van der Waals surface area contributed by atoms with Gasteiger partial charge in [0.15, 0.2) is 9.84 Å². The molecule has 0 aliphatic heterocycles. The molecular formula is C26H21F8N3O3S. The Hall–Kier alpha value is -3.62. The van der Waals surface area contributed by atoms with Gasteiger partial charge in [0.05, 0.1) is 11.1 Å². The second-order valence-electron chi connectivity index (χ2n) is 9.52. The van der Waals surface area contributed by atoms with Crippen molar-refractivity contribution in [3.8, 4) is 0 Å². The summed E-state index contributed by atoms with van der Waals surface area (Å²) < 4.78 is 134. The maximum absolute atomic E-state index is 14.6. The molecule has 0 atom stereocenters. The lowest BCUT2D eigenvalue weighted by Gasteiger charge is -2.40. The molecule has 15 heteroatoms. The van der Waals surface area contributed by atoms with Gasteiger partial charge in [-0.05, 0) is 55.5 Å². The van der Waals surface area contributed by atoms with Crippen molar-refractivity contribution < 1.29 is 48.3 Å². The summed E-state index contributed by atoms with van der Waals surface area (Å²) in [5.41, 5.74) is -7.64. The number of aromatic nitrogens is 2. The van der Waals surface area contributed by atoms with Crippen LogP contribution >= 0.6 is 0 Å². The number of carbonyl (C=O) groups excluding carboxylic acids is 1. The molecule has 1 heterocycles. The molecular weight excluding hydrogens is 586 g/mol. The summed E-state index contributed by atoms with van der Waals surface area (Å²) in [6.07, 6.45) is -9.20. The number of hydrogen-bond donors (Lipinski definition) is 1. The predicted molar refractivity (Wildman–Crippen MR) is 128 cm³/mol. The van der Waals surface area contributed by atoms with Gasteiger partial charge in [-0.2, -0.15) is 26.3 Å². The van der Waals surface area contributed by atoms with E-state index in [4.69, 9.17) is 0 Å². The highest BCUT2D eigenvalue weighted by molar-refractivity contribution is 7.92. The minimum absolute atomic E-state index is 0.00268. The van der Waals surface area contributed by atoms with E-state index in [1.54, 1.807) is 0 Å². The van der Waals surface area contributed by atoms with Crippen LogP contribution in [0.4, 0.5) is 35.1 Å². The fourth-order valence-electron chi connectivity index (χ4n) is 4.95. The molecule has 1 saturated carbocycles. The lowest BCUT2D eigenvalue weighted by molar-refractivity contribution is -0.348. The van der Waals surface area contributed by atoms with Crippen LogP contribution in [0.2, 0.25) is 0 Å². The number of carbonyl (C=O) groups is 1. The molecule has 3 aromatic rings. The molecule has 0 spiro atoms. The lowest BCUT2D eigenvalue weighted by Crippen LogP contribution is -2.50. The Bertz CT molecular complexity index is 1470. The van der Waals surface area contributed by atoms with Gasteiger partial charge in [0.1, 0.15) is 16.3 Å². The fraction of sp³-hybridized carbons (Fsp3) is 0.346. The number of hydrogen-bond acceptors (Lipinski definition) is 5. The van der Waals surface area contributed by atoms with Gasteiger partial charge < -0.3 is 5.32 Å². The zero-order valence-corrected chi connectivity index (χ0v) is 21.6. The second kappa shape index (κ2) is 10.7. The van der Waals surface area contributed by atoms with Crippen LogP contribution in [0.25, 0.3) is 0 Å². The smallest absolute Gasteiger partial charge is 0.348 e. The number of nitrogens with one attached hydrogen (secondary N) is 1. The molecule has 1 aliphatic carbocycles. The number of amides is 1. The van der Waals surface area contributed by atoms with E-state index in [1.807, 2.05) is 0 Å². The van der Waals surface area contributed by atoms with E-state index in [2.05, 4.69) is 15.3 Å². The third-order valence-corrected chi connectivity index (χ3v) is 9.72. The van der Waals surface area contributed by atoms with E-state index in [9.17, 15) is 48.3 Å². The van der Waals surface area contributed by atoms with Crippen LogP contribution < -0.4 is 5.32 Å². The third kappa shape index (κ3) is 5.38. The summed E-state index contributed by atoms with van der Waals surface area (Å²) in [6, 6.07) is 5.17. The quantitative estimate of drug-likeness (QED) is 0.277. The molecule has 1 aromatic heterocycles. The zero-order chi connectivity index (χ0) is 30.3. The van der Waals surface area contributed by atoms with Crippen molar-refractivity contribution in [3.05, 3.63) is 89.8 Å². The number of alkyl halides is 7. The first-order valence-corrected chi connectivity index (χ1v) is 13.5. The fourth-order valence-corrected chi connectivity index (χ4v) is 7.11. The van der Waals surface area contributed by atoms with Crippen molar-refractivity contribution in [2.24, 2.45) is 0 Å². The Balaban J connectivity index is 1.72. The van der Waals surface area contributed by atoms with Crippen LogP contribution in [-0.4, -0.2) is 42.7 Å². The van der Waals surface area contributed by atoms with Crippen molar-refractivity contribution in [1.82, 2.24) is 15.3 Å². The first kappa shape index (κ1) is 30.3. The first-order valence-electron chi connectivity index (χ1n) is 12.0. The van der Waals surface area contributed by atoms with E-state index >= 15 is 0 Å². The molecule has 2 aromatic carbocycles. The average Bonchev–Trinajstić information content (AvgIpc) is 2.92. The van der Waals surface area contributed by atoms with Crippen LogP contribution in [0.1, 0.15) is 47.3 Å². The van der Waals surface area contributed by atoms with Gasteiger partial charge in [0.2, 0.25) is 0 Å². The van der Waals surface area contributed by atoms with Gasteiger partial charge >= 0.3 is 18.0 Å². The largest absolute Gasteiger partial charge is 0.435 e. The average molecular weight is 608 g/mol. The van der Waals surface area contributed by atoms with Crippen LogP contribution in [-0.2, 0) is 20.3 Å². The number of halogens is 8. The third-order valence-electron chi connectivity index (χ3n) is 7.15. The number of nitrogens with zero attached hydrogens (tertiary/aromatic N) is 2. The molecule has 220 valence electrons. The van der Waals surface area contributed by atoms with Crippen LogP contribution in [0, 0.1) is 5.82 Å². The zero-order valence-electron chi connectivity index (χ0n) is 20.8. The van der Waals surface area contributed by atoms with Crippen LogP contribution in [0.5, 0.6) is 0 Å². The van der Waals surface area contributed by atoms with Crippen molar-refractivity contribution >= 4 is 15.7 Å². The monoisotopic (exact) mass is 607 g/mol. The molecule has 1 aliphatic rings. The molecule has 0 saturated heterocycles. The van der Waals surface area contributed by atoms with Gasteiger partial charge in [0.25, 0.3) is 5.91 Å². The Morgan fingerprint density at radius 3 is 1.90 bits per heavy atom. The number of sulfone groups is 1. The highest BCUT2D eigenvalue weighted by atomic mass is 32.2. The van der Waals surface area contributed by atoms with E-state index in [1.165, 1.54) is 18.6 Å². The van der Waals surface area contributed by atoms with Gasteiger partial charge in [-0.1, -0.05) is 24.3 Å². The summed E-state index contributed by atoms with van der Waals surface area (Å²) >= 11 is 0. The summed E-state index contributed by atoms with van der Waals surface area (Å²) in [4.78, 5) is 19.8. The van der Waals surface area contributed by atoms with Gasteiger partial charge in [-0.3, -0.25) is 9.78 Å². The number of rotatable bonds is 6. The maximum atomic E-state index is 14.6. The van der Waals surface area contributed by atoms with Crippen LogP contribution in [0.3, 0.4) is 0 Å². The van der Waals surface area contributed by atoms with Gasteiger partial charge in [0, 0.05) is 24.0 Å². The minimum atomic E-state index is -6.34. The SMILES string of the molecule is O=C(NC1CCC(c2ccc(C(F)(C(F)(F)F)C(F)(F)F)cc2)(S(=O)(=O)c2ccc(F)cc2)CC1)c1cnccn1. The molecule has 1 N–H and O–H groups in total. The maximum Gasteiger partial charge on any atom is 0.435 e.